The molecule has 0 aliphatic rings. The number of carbonyl (C=O) groups is 1. The van der Waals surface area contributed by atoms with Crippen LogP contribution >= 0.6 is 31.9 Å². The van der Waals surface area contributed by atoms with Gasteiger partial charge in [-0.05, 0) is 46.3 Å². The molecule has 8 heteroatoms. The van der Waals surface area contributed by atoms with E-state index in [1.165, 1.54) is 19.2 Å². The summed E-state index contributed by atoms with van der Waals surface area (Å²) in [6.07, 6.45) is 0. The van der Waals surface area contributed by atoms with E-state index < -0.39 is 15.9 Å². The number of carbonyl (C=O) groups excluding carboxylic acids is 1. The van der Waals surface area contributed by atoms with Gasteiger partial charge in [0.25, 0.3) is 0 Å². The monoisotopic (exact) mass is 460 g/mol. The molecule has 0 unspecified atom stereocenters. The van der Waals surface area contributed by atoms with Crippen LogP contribution in [0.4, 0.5) is 5.69 Å². The highest BCUT2D eigenvalue weighted by Gasteiger charge is 2.23. The maximum Gasteiger partial charge on any atom is 0.243 e. The van der Waals surface area contributed by atoms with Crippen LogP contribution in [-0.4, -0.2) is 32.2 Å². The molecule has 0 fully saturated rings. The third-order valence-electron chi connectivity index (χ3n) is 3.02. The number of benzene rings is 2. The number of para-hydroxylation sites is 1. The van der Waals surface area contributed by atoms with Gasteiger partial charge in [0.2, 0.25) is 15.9 Å². The fourth-order valence-corrected chi connectivity index (χ4v) is 3.96. The molecule has 1 amide bonds. The third kappa shape index (κ3) is 4.63. The summed E-state index contributed by atoms with van der Waals surface area (Å²) < 4.78 is 27.3. The van der Waals surface area contributed by atoms with E-state index in [0.717, 1.165) is 8.78 Å². The van der Waals surface area contributed by atoms with Crippen molar-refractivity contribution in [2.75, 3.05) is 18.9 Å². The molecule has 0 radical (unpaired) electrons. The standard InChI is InChI=1S/C15H14Br2N2O3S/c1-19(23(21,22)12-6-4-5-11(16)9-12)10-15(20)18-14-8-3-2-7-13(14)17/h2-9H,10H2,1H3,(H,18,20). The number of hydrogen-bond acceptors (Lipinski definition) is 3. The Bertz CT molecular complexity index is 825. The molecule has 23 heavy (non-hydrogen) atoms. The zero-order valence-corrected chi connectivity index (χ0v) is 16.2. The quantitative estimate of drug-likeness (QED) is 0.741. The summed E-state index contributed by atoms with van der Waals surface area (Å²) in [7, 11) is -2.36. The minimum atomic E-state index is -3.73. The SMILES string of the molecule is CN(CC(=O)Nc1ccccc1Br)S(=O)(=O)c1cccc(Br)c1. The van der Waals surface area contributed by atoms with Crippen molar-refractivity contribution in [2.24, 2.45) is 0 Å². The van der Waals surface area contributed by atoms with Gasteiger partial charge in [-0.2, -0.15) is 4.31 Å². The van der Waals surface area contributed by atoms with Crippen LogP contribution in [0.25, 0.3) is 0 Å². The van der Waals surface area contributed by atoms with Gasteiger partial charge in [0.1, 0.15) is 0 Å². The maximum absolute atomic E-state index is 12.5. The van der Waals surface area contributed by atoms with Crippen molar-refractivity contribution >= 4 is 53.5 Å². The number of amides is 1. The summed E-state index contributed by atoms with van der Waals surface area (Å²) in [6.45, 7) is -0.282. The van der Waals surface area contributed by atoms with E-state index in [1.54, 1.807) is 30.3 Å². The summed E-state index contributed by atoms with van der Waals surface area (Å²) in [5.41, 5.74) is 0.589. The van der Waals surface area contributed by atoms with Crippen LogP contribution in [0.15, 0.2) is 62.4 Å². The molecule has 0 heterocycles. The van der Waals surface area contributed by atoms with Crippen LogP contribution in [0, 0.1) is 0 Å². The second-order valence-corrected chi connectivity index (χ2v) is 8.56. The van der Waals surface area contributed by atoms with Crippen molar-refractivity contribution in [1.29, 1.82) is 0 Å². The number of nitrogens with zero attached hydrogens (tertiary/aromatic N) is 1. The molecule has 2 aromatic carbocycles. The fraction of sp³-hybridized carbons (Fsp3) is 0.133. The number of halogens is 2. The molecule has 2 aromatic rings. The van der Waals surface area contributed by atoms with Gasteiger partial charge in [0.15, 0.2) is 0 Å². The Hall–Kier alpha value is -1.22. The van der Waals surface area contributed by atoms with Crippen molar-refractivity contribution in [1.82, 2.24) is 4.31 Å². The number of anilines is 1. The number of nitrogens with one attached hydrogen (secondary N) is 1. The Kier molecular flexibility index (Phi) is 5.96. The topological polar surface area (TPSA) is 66.5 Å². The van der Waals surface area contributed by atoms with Crippen LogP contribution in [0.1, 0.15) is 0 Å². The van der Waals surface area contributed by atoms with Crippen LogP contribution in [0.2, 0.25) is 0 Å². The minimum Gasteiger partial charge on any atom is -0.324 e. The Labute approximate surface area is 152 Å². The zero-order chi connectivity index (χ0) is 17.0. The predicted octanol–water partition coefficient (Wildman–Crippen LogP) is 3.47. The summed E-state index contributed by atoms with van der Waals surface area (Å²) in [6, 6.07) is 13.5. The van der Waals surface area contributed by atoms with E-state index in [0.29, 0.717) is 10.2 Å². The van der Waals surface area contributed by atoms with Gasteiger partial charge in [0.05, 0.1) is 17.1 Å². The normalized spacial score (nSPS) is 11.5. The van der Waals surface area contributed by atoms with Crippen molar-refractivity contribution in [3.63, 3.8) is 0 Å². The average molecular weight is 462 g/mol. The molecule has 0 atom stereocenters. The lowest BCUT2D eigenvalue weighted by atomic mass is 10.3. The number of sulfonamides is 1. The van der Waals surface area contributed by atoms with E-state index in [1.807, 2.05) is 6.07 Å². The van der Waals surface area contributed by atoms with Gasteiger partial charge in [-0.15, -0.1) is 0 Å². The Morgan fingerprint density at radius 1 is 1.13 bits per heavy atom. The Morgan fingerprint density at radius 3 is 2.48 bits per heavy atom. The molecule has 0 saturated heterocycles. The van der Waals surface area contributed by atoms with Gasteiger partial charge in [-0.1, -0.05) is 34.1 Å². The number of rotatable bonds is 5. The first-order valence-corrected chi connectivity index (χ1v) is 9.59. The highest BCUT2D eigenvalue weighted by atomic mass is 79.9. The van der Waals surface area contributed by atoms with Gasteiger partial charge >= 0.3 is 0 Å². The van der Waals surface area contributed by atoms with Crippen molar-refractivity contribution in [3.8, 4) is 0 Å². The molecule has 122 valence electrons. The average Bonchev–Trinajstić information content (AvgIpc) is 2.49. The van der Waals surface area contributed by atoms with Crippen LogP contribution in [0.3, 0.4) is 0 Å². The van der Waals surface area contributed by atoms with E-state index in [4.69, 9.17) is 0 Å². The van der Waals surface area contributed by atoms with E-state index >= 15 is 0 Å². The molecule has 0 aliphatic carbocycles. The fourth-order valence-electron chi connectivity index (χ4n) is 1.85. The Morgan fingerprint density at radius 2 is 1.83 bits per heavy atom. The second kappa shape index (κ2) is 7.57. The lowest BCUT2D eigenvalue weighted by molar-refractivity contribution is -0.116. The molecule has 0 aliphatic heterocycles. The number of likely N-dealkylation sites (N-methyl/N-ethyl adjacent to an activating group) is 1. The first-order chi connectivity index (χ1) is 10.8. The lowest BCUT2D eigenvalue weighted by Gasteiger charge is -2.17. The summed E-state index contributed by atoms with van der Waals surface area (Å²) in [5, 5.41) is 2.67. The molecule has 0 bridgehead atoms. The van der Waals surface area contributed by atoms with E-state index in [2.05, 4.69) is 37.2 Å². The molecule has 0 spiro atoms. The van der Waals surface area contributed by atoms with Crippen molar-refractivity contribution < 1.29 is 13.2 Å². The number of hydrogen-bond donors (Lipinski definition) is 1. The molecular weight excluding hydrogens is 448 g/mol. The first-order valence-electron chi connectivity index (χ1n) is 6.57. The van der Waals surface area contributed by atoms with Gasteiger partial charge in [-0.3, -0.25) is 4.79 Å². The third-order valence-corrected chi connectivity index (χ3v) is 6.00. The second-order valence-electron chi connectivity index (χ2n) is 4.75. The molecular formula is C15H14Br2N2O3S. The summed E-state index contributed by atoms with van der Waals surface area (Å²) in [5.74, 6) is -0.419. The van der Waals surface area contributed by atoms with Crippen molar-refractivity contribution in [3.05, 3.63) is 57.5 Å². The van der Waals surface area contributed by atoms with Gasteiger partial charge in [0, 0.05) is 16.0 Å². The maximum atomic E-state index is 12.5. The van der Waals surface area contributed by atoms with E-state index in [9.17, 15) is 13.2 Å². The zero-order valence-electron chi connectivity index (χ0n) is 12.2. The van der Waals surface area contributed by atoms with Crippen molar-refractivity contribution in [2.45, 2.75) is 4.90 Å². The largest absolute Gasteiger partial charge is 0.324 e. The van der Waals surface area contributed by atoms with Gasteiger partial charge < -0.3 is 5.32 Å². The summed E-state index contributed by atoms with van der Waals surface area (Å²) in [4.78, 5) is 12.2. The van der Waals surface area contributed by atoms with Crippen LogP contribution < -0.4 is 5.32 Å². The van der Waals surface area contributed by atoms with Crippen LogP contribution in [-0.2, 0) is 14.8 Å². The lowest BCUT2D eigenvalue weighted by Crippen LogP contribution is -2.35. The molecule has 1 N–H and O–H groups in total. The first kappa shape index (κ1) is 18.1. The highest BCUT2D eigenvalue weighted by molar-refractivity contribution is 9.10. The van der Waals surface area contributed by atoms with E-state index in [-0.39, 0.29) is 11.4 Å². The summed E-state index contributed by atoms with van der Waals surface area (Å²) >= 11 is 6.56. The molecule has 0 saturated carbocycles. The highest BCUT2D eigenvalue weighted by Crippen LogP contribution is 2.22. The molecule has 0 aromatic heterocycles. The predicted molar refractivity (Wildman–Crippen MR) is 96.7 cm³/mol. The minimum absolute atomic E-state index is 0.128. The molecule has 2 rings (SSSR count). The molecule has 5 nitrogen and oxygen atoms in total. The van der Waals surface area contributed by atoms with Crippen LogP contribution in [0.5, 0.6) is 0 Å². The smallest absolute Gasteiger partial charge is 0.243 e. The Balaban J connectivity index is 2.10. The van der Waals surface area contributed by atoms with Gasteiger partial charge in [-0.25, -0.2) is 8.42 Å².